The van der Waals surface area contributed by atoms with Gasteiger partial charge in [0, 0.05) is 61.9 Å². The second-order valence-corrected chi connectivity index (χ2v) is 8.05. The third-order valence-electron chi connectivity index (χ3n) is 5.89. The molecule has 1 amide bonds. The van der Waals surface area contributed by atoms with E-state index in [4.69, 9.17) is 4.98 Å². The van der Waals surface area contributed by atoms with Crippen LogP contribution in [0.5, 0.6) is 0 Å². The van der Waals surface area contributed by atoms with Crippen LogP contribution in [-0.4, -0.2) is 70.4 Å². The lowest BCUT2D eigenvalue weighted by molar-refractivity contribution is -0.385. The Labute approximate surface area is 175 Å². The fourth-order valence-corrected chi connectivity index (χ4v) is 4.09. The summed E-state index contributed by atoms with van der Waals surface area (Å²) in [4.78, 5) is 39.6. The van der Waals surface area contributed by atoms with Gasteiger partial charge in [-0.25, -0.2) is 9.97 Å². The number of hydrogen-bond acceptors (Lipinski definition) is 7. The molecule has 3 heterocycles. The molecule has 4 rings (SSSR count). The molecule has 0 aliphatic carbocycles. The number of carbonyl (C=O) groups is 1. The number of likely N-dealkylation sites (N-methyl/N-ethyl adjacent to an activating group) is 1. The first-order valence-corrected chi connectivity index (χ1v) is 10.2. The van der Waals surface area contributed by atoms with E-state index >= 15 is 0 Å². The van der Waals surface area contributed by atoms with Crippen molar-refractivity contribution < 1.29 is 9.72 Å². The first-order valence-electron chi connectivity index (χ1n) is 10.2. The number of benzene rings is 1. The Balaban J connectivity index is 1.62. The number of piperazine rings is 1. The molecule has 2 aliphatic rings. The summed E-state index contributed by atoms with van der Waals surface area (Å²) >= 11 is 0. The summed E-state index contributed by atoms with van der Waals surface area (Å²) in [6.07, 6.45) is 0.652. The van der Waals surface area contributed by atoms with E-state index in [0.717, 1.165) is 49.1 Å². The van der Waals surface area contributed by atoms with Crippen LogP contribution < -0.4 is 4.90 Å². The largest absolute Gasteiger partial charge is 0.354 e. The standard InChI is InChI=1S/C21H26N6O3/c1-14-4-5-16(12-19(14)27(29)30)21(28)26-7-6-18-17(13-26)20(23-15(2)22-18)25-10-8-24(3)9-11-25/h4-5,12H,6-11,13H2,1-3H3. The third kappa shape index (κ3) is 3.85. The Kier molecular flexibility index (Phi) is 5.38. The molecule has 30 heavy (non-hydrogen) atoms. The average Bonchev–Trinajstić information content (AvgIpc) is 2.73. The molecule has 0 atom stereocenters. The molecule has 158 valence electrons. The molecule has 0 bridgehead atoms. The minimum atomic E-state index is -0.445. The predicted molar refractivity (Wildman–Crippen MR) is 113 cm³/mol. The third-order valence-corrected chi connectivity index (χ3v) is 5.89. The molecule has 9 heteroatoms. The number of nitro benzene ring substituents is 1. The zero-order valence-electron chi connectivity index (χ0n) is 17.6. The highest BCUT2D eigenvalue weighted by molar-refractivity contribution is 5.95. The number of aromatic nitrogens is 2. The lowest BCUT2D eigenvalue weighted by atomic mass is 10.0. The zero-order chi connectivity index (χ0) is 21.4. The molecule has 1 fully saturated rings. The second-order valence-electron chi connectivity index (χ2n) is 8.05. The molecule has 2 aromatic rings. The molecule has 9 nitrogen and oxygen atoms in total. The topological polar surface area (TPSA) is 95.7 Å². The Morgan fingerprint density at radius 3 is 2.53 bits per heavy atom. The molecular formula is C21H26N6O3. The molecule has 0 N–H and O–H groups in total. The molecule has 1 aromatic heterocycles. The van der Waals surface area contributed by atoms with Gasteiger partial charge in [0.1, 0.15) is 11.6 Å². The van der Waals surface area contributed by atoms with Crippen molar-refractivity contribution in [2.75, 3.05) is 44.7 Å². The number of fused-ring (bicyclic) bond motifs is 1. The Hall–Kier alpha value is -3.07. The summed E-state index contributed by atoms with van der Waals surface area (Å²) in [5.74, 6) is 1.46. The summed E-state index contributed by atoms with van der Waals surface area (Å²) < 4.78 is 0. The Bertz CT molecular complexity index is 1000. The fraction of sp³-hybridized carbons (Fsp3) is 0.476. The van der Waals surface area contributed by atoms with Crippen LogP contribution >= 0.6 is 0 Å². The lowest BCUT2D eigenvalue weighted by Gasteiger charge is -2.37. The quantitative estimate of drug-likeness (QED) is 0.564. The highest BCUT2D eigenvalue weighted by atomic mass is 16.6. The van der Waals surface area contributed by atoms with Crippen molar-refractivity contribution in [3.05, 3.63) is 56.5 Å². The lowest BCUT2D eigenvalue weighted by Crippen LogP contribution is -2.46. The van der Waals surface area contributed by atoms with Crippen molar-refractivity contribution in [2.24, 2.45) is 0 Å². The van der Waals surface area contributed by atoms with Crippen LogP contribution in [0.4, 0.5) is 11.5 Å². The van der Waals surface area contributed by atoms with E-state index < -0.39 is 4.92 Å². The molecular weight excluding hydrogens is 384 g/mol. The number of carbonyl (C=O) groups excluding carboxylic acids is 1. The maximum atomic E-state index is 13.1. The van der Waals surface area contributed by atoms with Gasteiger partial charge in [0.05, 0.1) is 17.2 Å². The van der Waals surface area contributed by atoms with Crippen molar-refractivity contribution in [1.29, 1.82) is 0 Å². The van der Waals surface area contributed by atoms with Crippen molar-refractivity contribution in [3.63, 3.8) is 0 Å². The van der Waals surface area contributed by atoms with Gasteiger partial charge in [-0.3, -0.25) is 14.9 Å². The van der Waals surface area contributed by atoms with E-state index in [1.165, 1.54) is 6.07 Å². The Morgan fingerprint density at radius 2 is 1.83 bits per heavy atom. The number of nitro groups is 1. The number of nitrogens with zero attached hydrogens (tertiary/aromatic N) is 6. The monoisotopic (exact) mass is 410 g/mol. The summed E-state index contributed by atoms with van der Waals surface area (Å²) in [5.41, 5.74) is 2.84. The maximum absolute atomic E-state index is 13.1. The van der Waals surface area contributed by atoms with Gasteiger partial charge in [0.15, 0.2) is 0 Å². The van der Waals surface area contributed by atoms with Gasteiger partial charge < -0.3 is 14.7 Å². The first-order chi connectivity index (χ1) is 14.3. The van der Waals surface area contributed by atoms with E-state index in [9.17, 15) is 14.9 Å². The second kappa shape index (κ2) is 7.98. The summed E-state index contributed by atoms with van der Waals surface area (Å²) in [7, 11) is 2.11. The first kappa shape index (κ1) is 20.2. The van der Waals surface area contributed by atoms with E-state index in [0.29, 0.717) is 30.6 Å². The Morgan fingerprint density at radius 1 is 1.10 bits per heavy atom. The van der Waals surface area contributed by atoms with Crippen molar-refractivity contribution >= 4 is 17.4 Å². The highest BCUT2D eigenvalue weighted by Gasteiger charge is 2.29. The van der Waals surface area contributed by atoms with E-state index in [1.807, 2.05) is 6.92 Å². The van der Waals surface area contributed by atoms with Gasteiger partial charge in [0.2, 0.25) is 0 Å². The molecule has 0 spiro atoms. The smallest absolute Gasteiger partial charge is 0.273 e. The molecule has 1 saturated heterocycles. The summed E-state index contributed by atoms with van der Waals surface area (Å²) in [6.45, 7) is 8.23. The number of anilines is 1. The average molecular weight is 410 g/mol. The van der Waals surface area contributed by atoms with Gasteiger partial charge in [-0.05, 0) is 27.0 Å². The van der Waals surface area contributed by atoms with E-state index in [2.05, 4.69) is 21.8 Å². The minimum Gasteiger partial charge on any atom is -0.354 e. The summed E-state index contributed by atoms with van der Waals surface area (Å²) in [6, 6.07) is 4.67. The molecule has 2 aliphatic heterocycles. The van der Waals surface area contributed by atoms with Gasteiger partial charge in [-0.2, -0.15) is 0 Å². The predicted octanol–water partition coefficient (Wildman–Crippen LogP) is 1.95. The van der Waals surface area contributed by atoms with Gasteiger partial charge in [-0.15, -0.1) is 0 Å². The van der Waals surface area contributed by atoms with Crippen molar-refractivity contribution in [2.45, 2.75) is 26.8 Å². The van der Waals surface area contributed by atoms with Gasteiger partial charge in [-0.1, -0.05) is 6.07 Å². The number of aryl methyl sites for hydroxylation is 2. The van der Waals surface area contributed by atoms with Crippen molar-refractivity contribution in [3.8, 4) is 0 Å². The van der Waals surface area contributed by atoms with Crippen LogP contribution in [0.1, 0.15) is 33.0 Å². The van der Waals surface area contributed by atoms with E-state index in [1.54, 1.807) is 24.0 Å². The maximum Gasteiger partial charge on any atom is 0.273 e. The number of amides is 1. The van der Waals surface area contributed by atoms with Crippen LogP contribution in [-0.2, 0) is 13.0 Å². The van der Waals surface area contributed by atoms with Gasteiger partial charge in [0.25, 0.3) is 11.6 Å². The molecule has 0 radical (unpaired) electrons. The highest BCUT2D eigenvalue weighted by Crippen LogP contribution is 2.29. The van der Waals surface area contributed by atoms with Crippen LogP contribution in [0.3, 0.4) is 0 Å². The van der Waals surface area contributed by atoms with E-state index in [-0.39, 0.29) is 11.6 Å². The van der Waals surface area contributed by atoms with Gasteiger partial charge >= 0.3 is 0 Å². The van der Waals surface area contributed by atoms with Crippen LogP contribution in [0, 0.1) is 24.0 Å². The van der Waals surface area contributed by atoms with Crippen LogP contribution in [0.2, 0.25) is 0 Å². The SMILES string of the molecule is Cc1nc2c(c(N3CCN(C)CC3)n1)CN(C(=O)c1ccc(C)c([N+](=O)[O-])c1)CC2. The summed E-state index contributed by atoms with van der Waals surface area (Å²) in [5, 5.41) is 11.3. The molecule has 1 aromatic carbocycles. The molecule has 0 unspecified atom stereocenters. The van der Waals surface area contributed by atoms with Crippen molar-refractivity contribution in [1.82, 2.24) is 19.8 Å². The van der Waals surface area contributed by atoms with Crippen LogP contribution in [0.25, 0.3) is 0 Å². The number of hydrogen-bond donors (Lipinski definition) is 0. The normalized spacial score (nSPS) is 17.0. The number of rotatable bonds is 3. The fourth-order valence-electron chi connectivity index (χ4n) is 4.09. The minimum absolute atomic E-state index is 0.0321. The molecule has 0 saturated carbocycles. The zero-order valence-corrected chi connectivity index (χ0v) is 17.6. The van der Waals surface area contributed by atoms with Crippen LogP contribution in [0.15, 0.2) is 18.2 Å².